The van der Waals surface area contributed by atoms with Crippen LogP contribution >= 0.6 is 0 Å². The van der Waals surface area contributed by atoms with Gasteiger partial charge < -0.3 is 19.4 Å². The van der Waals surface area contributed by atoms with E-state index >= 15 is 0 Å². The number of hydrogen-bond donors (Lipinski definition) is 2. The Morgan fingerprint density at radius 3 is 2.67 bits per heavy atom. The number of aryl methyl sites for hydroxylation is 1. The Bertz CT molecular complexity index is 927. The minimum Gasteiger partial charge on any atom is -0.507 e. The van der Waals surface area contributed by atoms with Gasteiger partial charge in [-0.05, 0) is 36.6 Å². The zero-order valence-electron chi connectivity index (χ0n) is 13.3. The van der Waals surface area contributed by atoms with Crippen molar-refractivity contribution >= 4 is 11.0 Å². The fraction of sp³-hybridized carbons (Fsp3) is 0.211. The van der Waals surface area contributed by atoms with Gasteiger partial charge in [0.2, 0.25) is 0 Å². The molecule has 5 heteroatoms. The Kier molecular flexibility index (Phi) is 4.53. The number of rotatable bonds is 5. The summed E-state index contributed by atoms with van der Waals surface area (Å²) in [6.45, 7) is 0.0725. The first-order valence-corrected chi connectivity index (χ1v) is 7.68. The Morgan fingerprint density at radius 2 is 1.96 bits per heavy atom. The van der Waals surface area contributed by atoms with E-state index in [0.717, 1.165) is 5.56 Å². The highest BCUT2D eigenvalue weighted by Crippen LogP contribution is 2.34. The van der Waals surface area contributed by atoms with Gasteiger partial charge in [0.05, 0.1) is 18.1 Å². The standard InChI is InChI=1S/C19H18O5/c1-23-18-12(5-4-10-20)8-9-14-16(22)11-17(24-19(14)18)13-6-2-3-7-15(13)21/h2-3,6-9,11,20-21H,4-5,10H2,1H3. The third kappa shape index (κ3) is 2.86. The summed E-state index contributed by atoms with van der Waals surface area (Å²) >= 11 is 0. The van der Waals surface area contributed by atoms with Gasteiger partial charge in [0.1, 0.15) is 11.5 Å². The van der Waals surface area contributed by atoms with Crippen LogP contribution in [-0.4, -0.2) is 23.9 Å². The highest BCUT2D eigenvalue weighted by Gasteiger charge is 2.16. The van der Waals surface area contributed by atoms with Crippen molar-refractivity contribution in [3.05, 3.63) is 58.3 Å². The van der Waals surface area contributed by atoms with Gasteiger partial charge in [0.15, 0.2) is 16.8 Å². The lowest BCUT2D eigenvalue weighted by Gasteiger charge is -2.12. The maximum absolute atomic E-state index is 12.4. The molecule has 0 spiro atoms. The van der Waals surface area contributed by atoms with Gasteiger partial charge in [0.25, 0.3) is 0 Å². The van der Waals surface area contributed by atoms with E-state index in [-0.39, 0.29) is 23.5 Å². The van der Waals surface area contributed by atoms with Gasteiger partial charge in [0, 0.05) is 12.7 Å². The Balaban J connectivity index is 2.25. The quantitative estimate of drug-likeness (QED) is 0.753. The summed E-state index contributed by atoms with van der Waals surface area (Å²) in [6.07, 6.45) is 1.20. The summed E-state index contributed by atoms with van der Waals surface area (Å²) in [4.78, 5) is 12.4. The molecule has 24 heavy (non-hydrogen) atoms. The third-order valence-corrected chi connectivity index (χ3v) is 3.91. The zero-order valence-corrected chi connectivity index (χ0v) is 13.3. The zero-order chi connectivity index (χ0) is 17.1. The first-order valence-electron chi connectivity index (χ1n) is 7.68. The second-order valence-electron chi connectivity index (χ2n) is 5.45. The van der Waals surface area contributed by atoms with Crippen molar-refractivity contribution in [2.45, 2.75) is 12.8 Å². The average molecular weight is 326 g/mol. The lowest BCUT2D eigenvalue weighted by molar-refractivity contribution is 0.287. The average Bonchev–Trinajstić information content (AvgIpc) is 2.59. The first-order chi connectivity index (χ1) is 11.7. The van der Waals surface area contributed by atoms with Crippen molar-refractivity contribution in [1.29, 1.82) is 0 Å². The number of benzene rings is 2. The molecule has 0 saturated carbocycles. The lowest BCUT2D eigenvalue weighted by Crippen LogP contribution is -2.03. The molecule has 2 aromatic carbocycles. The number of aromatic hydroxyl groups is 1. The SMILES string of the molecule is COc1c(CCCO)ccc2c(=O)cc(-c3ccccc3O)oc12. The van der Waals surface area contributed by atoms with Crippen LogP contribution in [0.3, 0.4) is 0 Å². The summed E-state index contributed by atoms with van der Waals surface area (Å²) in [5.41, 5.74) is 1.44. The Labute approximate surface area is 138 Å². The molecule has 3 rings (SSSR count). The van der Waals surface area contributed by atoms with Crippen LogP contribution in [0.1, 0.15) is 12.0 Å². The number of phenols is 1. The number of aliphatic hydroxyl groups excluding tert-OH is 1. The summed E-state index contributed by atoms with van der Waals surface area (Å²) in [5, 5.41) is 19.4. The molecule has 0 amide bonds. The maximum Gasteiger partial charge on any atom is 0.193 e. The number of methoxy groups -OCH3 is 1. The van der Waals surface area contributed by atoms with Crippen LogP contribution in [0.25, 0.3) is 22.3 Å². The molecule has 1 heterocycles. The molecule has 0 saturated heterocycles. The maximum atomic E-state index is 12.4. The third-order valence-electron chi connectivity index (χ3n) is 3.91. The smallest absolute Gasteiger partial charge is 0.193 e. The first kappa shape index (κ1) is 16.1. The van der Waals surface area contributed by atoms with Gasteiger partial charge in [-0.25, -0.2) is 0 Å². The molecule has 5 nitrogen and oxygen atoms in total. The van der Waals surface area contributed by atoms with Crippen LogP contribution in [0.5, 0.6) is 11.5 Å². The Hall–Kier alpha value is -2.79. The van der Waals surface area contributed by atoms with Crippen LogP contribution in [0.15, 0.2) is 51.7 Å². The molecule has 1 aromatic heterocycles. The number of fused-ring (bicyclic) bond motifs is 1. The molecule has 0 aliphatic rings. The predicted molar refractivity (Wildman–Crippen MR) is 91.5 cm³/mol. The summed E-state index contributed by atoms with van der Waals surface area (Å²) in [7, 11) is 1.52. The highest BCUT2D eigenvalue weighted by atomic mass is 16.5. The van der Waals surface area contributed by atoms with Crippen molar-refractivity contribution in [2.24, 2.45) is 0 Å². The summed E-state index contributed by atoms with van der Waals surface area (Å²) < 4.78 is 11.4. The summed E-state index contributed by atoms with van der Waals surface area (Å²) in [5.74, 6) is 0.800. The molecular weight excluding hydrogens is 308 g/mol. The van der Waals surface area contributed by atoms with Crippen molar-refractivity contribution in [2.75, 3.05) is 13.7 Å². The minimum absolute atomic E-state index is 0.0374. The van der Waals surface area contributed by atoms with Gasteiger partial charge in [-0.15, -0.1) is 0 Å². The van der Waals surface area contributed by atoms with Crippen LogP contribution in [0.2, 0.25) is 0 Å². The van der Waals surface area contributed by atoms with Crippen LogP contribution in [-0.2, 0) is 6.42 Å². The molecule has 3 aromatic rings. The molecule has 0 bridgehead atoms. The number of phenolic OH excluding ortho intramolecular Hbond substituents is 1. The van der Waals surface area contributed by atoms with Crippen LogP contribution < -0.4 is 10.2 Å². The molecule has 2 N–H and O–H groups in total. The van der Waals surface area contributed by atoms with E-state index in [0.29, 0.717) is 35.1 Å². The molecule has 0 fully saturated rings. The highest BCUT2D eigenvalue weighted by molar-refractivity contribution is 5.85. The van der Waals surface area contributed by atoms with E-state index in [1.807, 2.05) is 6.07 Å². The van der Waals surface area contributed by atoms with Gasteiger partial charge >= 0.3 is 0 Å². The van der Waals surface area contributed by atoms with E-state index in [1.54, 1.807) is 24.3 Å². The fourth-order valence-corrected chi connectivity index (χ4v) is 2.74. The largest absolute Gasteiger partial charge is 0.507 e. The van der Waals surface area contributed by atoms with Crippen molar-refractivity contribution in [3.8, 4) is 22.8 Å². The molecule has 0 atom stereocenters. The van der Waals surface area contributed by atoms with Gasteiger partial charge in [-0.3, -0.25) is 4.79 Å². The Morgan fingerprint density at radius 1 is 1.17 bits per heavy atom. The number of para-hydroxylation sites is 1. The topological polar surface area (TPSA) is 79.9 Å². The normalized spacial score (nSPS) is 10.9. The van der Waals surface area contributed by atoms with E-state index in [1.165, 1.54) is 19.2 Å². The lowest BCUT2D eigenvalue weighted by atomic mass is 10.0. The number of hydrogen-bond acceptors (Lipinski definition) is 5. The van der Waals surface area contributed by atoms with E-state index in [4.69, 9.17) is 14.3 Å². The fourth-order valence-electron chi connectivity index (χ4n) is 2.74. The second-order valence-corrected chi connectivity index (χ2v) is 5.45. The molecular formula is C19H18O5. The van der Waals surface area contributed by atoms with Gasteiger partial charge in [-0.1, -0.05) is 18.2 Å². The van der Waals surface area contributed by atoms with E-state index in [2.05, 4.69) is 0 Å². The van der Waals surface area contributed by atoms with Crippen molar-refractivity contribution in [1.82, 2.24) is 0 Å². The van der Waals surface area contributed by atoms with E-state index in [9.17, 15) is 9.90 Å². The summed E-state index contributed by atoms with van der Waals surface area (Å²) in [6, 6.07) is 11.6. The van der Waals surface area contributed by atoms with Gasteiger partial charge in [-0.2, -0.15) is 0 Å². The molecule has 0 aliphatic heterocycles. The van der Waals surface area contributed by atoms with Crippen molar-refractivity contribution < 1.29 is 19.4 Å². The number of aliphatic hydroxyl groups is 1. The van der Waals surface area contributed by atoms with Crippen LogP contribution in [0.4, 0.5) is 0 Å². The minimum atomic E-state index is -0.207. The monoisotopic (exact) mass is 326 g/mol. The molecule has 0 aliphatic carbocycles. The second kappa shape index (κ2) is 6.76. The van der Waals surface area contributed by atoms with Crippen LogP contribution in [0, 0.1) is 0 Å². The molecule has 0 radical (unpaired) electrons. The molecule has 0 unspecified atom stereocenters. The predicted octanol–water partition coefficient (Wildman–Crippen LogP) is 3.10. The molecule has 124 valence electrons. The van der Waals surface area contributed by atoms with E-state index < -0.39 is 0 Å². The van der Waals surface area contributed by atoms with Crippen molar-refractivity contribution in [3.63, 3.8) is 0 Å². The number of ether oxygens (including phenoxy) is 1.